The van der Waals surface area contributed by atoms with Gasteiger partial charge in [-0.1, -0.05) is 26.8 Å². The van der Waals surface area contributed by atoms with Crippen LogP contribution < -0.4 is 25.8 Å². The standard InChI is InChI=1S/C32H43N5O7/c1-9-18-16-32(18,28(33)40)36-26(38)23-15-20(43-24-12-13-34-22-14-19(42-8)10-11-21(22)24)17-37(23)27(39)25(30(2,3)4)35-29(41)44-31(5,6)7/h9-14,18,20,23,25H,1,15-17H2,2-8H3,(H2,33,40)(H,35,41)(H,36,38)/t18-,20-,23+,25-,32-/m1/s1. The third kappa shape index (κ3) is 6.89. The number of nitrogens with one attached hydrogen (secondary N) is 2. The molecular weight excluding hydrogens is 566 g/mol. The fourth-order valence-electron chi connectivity index (χ4n) is 5.49. The Morgan fingerprint density at radius 3 is 2.43 bits per heavy atom. The highest BCUT2D eigenvalue weighted by Crippen LogP contribution is 2.44. The number of rotatable bonds is 9. The monoisotopic (exact) mass is 609 g/mol. The van der Waals surface area contributed by atoms with Gasteiger partial charge in [0, 0.05) is 30.0 Å². The molecule has 2 heterocycles. The summed E-state index contributed by atoms with van der Waals surface area (Å²) in [5.41, 5.74) is 3.54. The molecule has 12 heteroatoms. The smallest absolute Gasteiger partial charge is 0.408 e. The molecule has 1 saturated heterocycles. The molecule has 4 rings (SSSR count). The Morgan fingerprint density at radius 1 is 1.16 bits per heavy atom. The second kappa shape index (κ2) is 12.0. The maximum atomic E-state index is 14.2. The van der Waals surface area contributed by atoms with E-state index in [2.05, 4.69) is 22.2 Å². The molecule has 5 atom stereocenters. The van der Waals surface area contributed by atoms with Gasteiger partial charge in [0.25, 0.3) is 0 Å². The molecule has 1 saturated carbocycles. The molecule has 0 spiro atoms. The minimum absolute atomic E-state index is 0.0495. The number of likely N-dealkylation sites (tertiary alicyclic amines) is 1. The molecule has 0 bridgehead atoms. The van der Waals surface area contributed by atoms with E-state index in [-0.39, 0.29) is 18.9 Å². The largest absolute Gasteiger partial charge is 0.497 e. The lowest BCUT2D eigenvalue weighted by molar-refractivity contribution is -0.143. The Kier molecular flexibility index (Phi) is 8.86. The number of hydrogen-bond acceptors (Lipinski definition) is 8. The van der Waals surface area contributed by atoms with Gasteiger partial charge in [-0.15, -0.1) is 6.58 Å². The van der Waals surface area contributed by atoms with Crippen LogP contribution in [0.25, 0.3) is 10.9 Å². The van der Waals surface area contributed by atoms with E-state index < -0.39 is 58.6 Å². The molecule has 1 aromatic carbocycles. The Bertz CT molecular complexity index is 1460. The average Bonchev–Trinajstić information content (AvgIpc) is 3.49. The first-order valence-electron chi connectivity index (χ1n) is 14.6. The SMILES string of the molecule is C=C[C@@H]1C[C@]1(NC(=O)[C@@H]1C[C@@H](Oc2ccnc3cc(OC)ccc23)CN1C(=O)[C@@H](NC(=O)OC(C)(C)C)C(C)(C)C)C(N)=O. The molecule has 0 unspecified atom stereocenters. The van der Waals surface area contributed by atoms with Gasteiger partial charge in [-0.25, -0.2) is 4.79 Å². The van der Waals surface area contributed by atoms with Gasteiger partial charge in [0.05, 0.1) is 19.2 Å². The van der Waals surface area contributed by atoms with E-state index in [4.69, 9.17) is 19.9 Å². The summed E-state index contributed by atoms with van der Waals surface area (Å²) in [5.74, 6) is -0.832. The number of nitrogens with two attached hydrogens (primary N) is 1. The summed E-state index contributed by atoms with van der Waals surface area (Å²) in [6.45, 7) is 14.4. The first kappa shape index (κ1) is 32.6. The van der Waals surface area contributed by atoms with Crippen molar-refractivity contribution < 1.29 is 33.4 Å². The minimum atomic E-state index is -1.26. The number of methoxy groups -OCH3 is 1. The van der Waals surface area contributed by atoms with E-state index in [9.17, 15) is 19.2 Å². The molecule has 4 amide bonds. The third-order valence-electron chi connectivity index (χ3n) is 7.91. The van der Waals surface area contributed by atoms with Crippen molar-refractivity contribution >= 4 is 34.7 Å². The van der Waals surface area contributed by atoms with Crippen molar-refractivity contribution in [3.63, 3.8) is 0 Å². The Labute approximate surface area is 257 Å². The van der Waals surface area contributed by atoms with E-state index >= 15 is 0 Å². The van der Waals surface area contributed by atoms with Crippen molar-refractivity contribution in [2.45, 2.75) is 83.7 Å². The van der Waals surface area contributed by atoms with Crippen LogP contribution >= 0.6 is 0 Å². The summed E-state index contributed by atoms with van der Waals surface area (Å²) >= 11 is 0. The first-order chi connectivity index (χ1) is 20.5. The Morgan fingerprint density at radius 2 is 1.86 bits per heavy atom. The number of carbonyl (C=O) groups is 4. The minimum Gasteiger partial charge on any atom is -0.497 e. The van der Waals surface area contributed by atoms with Gasteiger partial charge in [-0.3, -0.25) is 19.4 Å². The van der Waals surface area contributed by atoms with Crippen molar-refractivity contribution in [1.82, 2.24) is 20.5 Å². The number of amides is 4. The summed E-state index contributed by atoms with van der Waals surface area (Å²) < 4.78 is 17.1. The first-order valence-corrected chi connectivity index (χ1v) is 14.6. The molecule has 4 N–H and O–H groups in total. The molecule has 2 aromatic rings. The molecule has 238 valence electrons. The Hall–Kier alpha value is -4.35. The summed E-state index contributed by atoms with van der Waals surface area (Å²) in [6.07, 6.45) is 2.31. The normalized spacial score (nSPS) is 23.8. The number of fused-ring (bicyclic) bond motifs is 1. The number of alkyl carbamates (subject to hydrolysis) is 1. The summed E-state index contributed by atoms with van der Waals surface area (Å²) in [6, 6.07) is 5.09. The van der Waals surface area contributed by atoms with Gasteiger partial charge in [0.1, 0.15) is 40.8 Å². The van der Waals surface area contributed by atoms with Gasteiger partial charge in [-0.2, -0.15) is 0 Å². The van der Waals surface area contributed by atoms with Crippen LogP contribution in [-0.2, 0) is 19.1 Å². The highest BCUT2D eigenvalue weighted by Gasteiger charge is 2.60. The van der Waals surface area contributed by atoms with Crippen LogP contribution in [0.1, 0.15) is 54.4 Å². The van der Waals surface area contributed by atoms with E-state index in [1.54, 1.807) is 58.4 Å². The summed E-state index contributed by atoms with van der Waals surface area (Å²) in [7, 11) is 1.57. The van der Waals surface area contributed by atoms with Crippen LogP contribution in [0.5, 0.6) is 11.5 Å². The van der Waals surface area contributed by atoms with Crippen molar-refractivity contribution in [1.29, 1.82) is 0 Å². The van der Waals surface area contributed by atoms with Gasteiger partial charge >= 0.3 is 6.09 Å². The molecule has 44 heavy (non-hydrogen) atoms. The van der Waals surface area contributed by atoms with Crippen LogP contribution in [0.4, 0.5) is 4.79 Å². The fourth-order valence-corrected chi connectivity index (χ4v) is 5.49. The topological polar surface area (TPSA) is 162 Å². The number of benzene rings is 1. The van der Waals surface area contributed by atoms with E-state index in [1.807, 2.05) is 26.8 Å². The lowest BCUT2D eigenvalue weighted by Crippen LogP contribution is -2.59. The quantitative estimate of drug-likeness (QED) is 0.366. The van der Waals surface area contributed by atoms with Gasteiger partial charge < -0.3 is 35.5 Å². The zero-order valence-electron chi connectivity index (χ0n) is 26.4. The van der Waals surface area contributed by atoms with Crippen molar-refractivity contribution in [3.05, 3.63) is 43.1 Å². The van der Waals surface area contributed by atoms with Crippen LogP contribution in [0.15, 0.2) is 43.1 Å². The number of primary amides is 1. The second-order valence-electron chi connectivity index (χ2n) is 13.5. The highest BCUT2D eigenvalue weighted by atomic mass is 16.6. The summed E-state index contributed by atoms with van der Waals surface area (Å²) in [5, 5.41) is 6.25. The maximum absolute atomic E-state index is 14.2. The average molecular weight is 610 g/mol. The second-order valence-corrected chi connectivity index (χ2v) is 13.5. The number of aromatic nitrogens is 1. The predicted octanol–water partition coefficient (Wildman–Crippen LogP) is 3.08. The number of carbonyl (C=O) groups excluding carboxylic acids is 4. The van der Waals surface area contributed by atoms with Crippen LogP contribution in [0.3, 0.4) is 0 Å². The predicted molar refractivity (Wildman–Crippen MR) is 164 cm³/mol. The molecule has 0 radical (unpaired) electrons. The molecule has 12 nitrogen and oxygen atoms in total. The van der Waals surface area contributed by atoms with Crippen LogP contribution in [0, 0.1) is 11.3 Å². The van der Waals surface area contributed by atoms with Crippen LogP contribution in [-0.4, -0.2) is 76.7 Å². The Balaban J connectivity index is 1.65. The van der Waals surface area contributed by atoms with E-state index in [0.717, 1.165) is 5.39 Å². The summed E-state index contributed by atoms with van der Waals surface area (Å²) in [4.78, 5) is 59.0. The van der Waals surface area contributed by atoms with E-state index in [1.165, 1.54) is 4.90 Å². The van der Waals surface area contributed by atoms with E-state index in [0.29, 0.717) is 23.4 Å². The molecule has 2 aliphatic rings. The number of ether oxygens (including phenoxy) is 3. The lowest BCUT2D eigenvalue weighted by atomic mass is 9.85. The zero-order chi connectivity index (χ0) is 32.6. The van der Waals surface area contributed by atoms with Crippen molar-refractivity contribution in [2.24, 2.45) is 17.1 Å². The molecule has 1 aliphatic carbocycles. The third-order valence-corrected chi connectivity index (χ3v) is 7.91. The number of hydrogen-bond donors (Lipinski definition) is 3. The van der Waals surface area contributed by atoms with Gasteiger partial charge in [0.2, 0.25) is 17.7 Å². The van der Waals surface area contributed by atoms with Crippen molar-refractivity contribution in [3.8, 4) is 11.5 Å². The highest BCUT2D eigenvalue weighted by molar-refractivity contribution is 5.98. The number of pyridine rings is 1. The zero-order valence-corrected chi connectivity index (χ0v) is 26.4. The van der Waals surface area contributed by atoms with Gasteiger partial charge in [-0.05, 0) is 50.8 Å². The molecular formula is C32H43N5O7. The molecule has 1 aliphatic heterocycles. The maximum Gasteiger partial charge on any atom is 0.408 e. The molecule has 1 aromatic heterocycles. The number of nitrogens with zero attached hydrogens (tertiary/aromatic N) is 2. The van der Waals surface area contributed by atoms with Gasteiger partial charge in [0.15, 0.2) is 0 Å². The van der Waals surface area contributed by atoms with Crippen LogP contribution in [0.2, 0.25) is 0 Å². The van der Waals surface area contributed by atoms with Crippen molar-refractivity contribution in [2.75, 3.05) is 13.7 Å². The lowest BCUT2D eigenvalue weighted by Gasteiger charge is -2.36. The molecule has 2 fully saturated rings. The fraction of sp³-hybridized carbons (Fsp3) is 0.531.